The van der Waals surface area contributed by atoms with Crippen molar-refractivity contribution in [3.8, 4) is 0 Å². The van der Waals surface area contributed by atoms with Crippen LogP contribution < -0.4 is 5.32 Å². The van der Waals surface area contributed by atoms with Gasteiger partial charge in [0.1, 0.15) is 0 Å². The molecule has 62 valence electrons. The van der Waals surface area contributed by atoms with Crippen LogP contribution in [0, 0.1) is 11.8 Å². The lowest BCUT2D eigenvalue weighted by molar-refractivity contribution is -0.151. The molecular weight excluding hydrogens is 150 g/mol. The number of hydrogen-bond donors (Lipinski definition) is 3. The molecule has 0 spiro atoms. The van der Waals surface area contributed by atoms with Crippen LogP contribution in [0.25, 0.3) is 0 Å². The second-order valence-corrected chi connectivity index (χ2v) is 2.55. The largest absolute Gasteiger partial charge is 0.481 e. The van der Waals surface area contributed by atoms with Crippen molar-refractivity contribution in [1.29, 1.82) is 0 Å². The topological polar surface area (TPSA) is 86.6 Å². The average molecular weight is 159 g/mol. The van der Waals surface area contributed by atoms with E-state index in [-0.39, 0.29) is 13.1 Å². The van der Waals surface area contributed by atoms with E-state index in [1.807, 2.05) is 0 Å². The molecule has 1 saturated heterocycles. The van der Waals surface area contributed by atoms with Crippen molar-refractivity contribution < 1.29 is 19.8 Å². The molecule has 0 saturated carbocycles. The van der Waals surface area contributed by atoms with Gasteiger partial charge in [-0.1, -0.05) is 0 Å². The first-order chi connectivity index (χ1) is 5.13. The predicted molar refractivity (Wildman–Crippen MR) is 35.1 cm³/mol. The van der Waals surface area contributed by atoms with Gasteiger partial charge in [-0.05, 0) is 0 Å². The van der Waals surface area contributed by atoms with Crippen LogP contribution >= 0.6 is 0 Å². The minimum Gasteiger partial charge on any atom is -0.481 e. The highest BCUT2D eigenvalue weighted by molar-refractivity contribution is 5.81. The van der Waals surface area contributed by atoms with Crippen LogP contribution in [-0.2, 0) is 9.59 Å². The summed E-state index contributed by atoms with van der Waals surface area (Å²) >= 11 is 0. The third-order valence-corrected chi connectivity index (χ3v) is 1.85. The maximum absolute atomic E-state index is 10.4. The summed E-state index contributed by atoms with van der Waals surface area (Å²) in [4.78, 5) is 20.8. The molecule has 1 heterocycles. The van der Waals surface area contributed by atoms with E-state index in [0.29, 0.717) is 0 Å². The predicted octanol–water partition coefficient (Wildman–Crippen LogP) is -1.01. The van der Waals surface area contributed by atoms with Crippen LogP contribution in [0.3, 0.4) is 0 Å². The van der Waals surface area contributed by atoms with Crippen LogP contribution in [0.1, 0.15) is 0 Å². The molecule has 5 heteroatoms. The Labute approximate surface area is 63.0 Å². The van der Waals surface area contributed by atoms with Crippen molar-refractivity contribution in [1.82, 2.24) is 5.32 Å². The first kappa shape index (κ1) is 8.00. The molecule has 0 bridgehead atoms. The molecule has 5 nitrogen and oxygen atoms in total. The molecule has 0 radical (unpaired) electrons. The third kappa shape index (κ3) is 1.48. The van der Waals surface area contributed by atoms with E-state index < -0.39 is 23.8 Å². The van der Waals surface area contributed by atoms with Gasteiger partial charge in [-0.15, -0.1) is 0 Å². The summed E-state index contributed by atoms with van der Waals surface area (Å²) in [5.41, 5.74) is 0. The van der Waals surface area contributed by atoms with Crippen LogP contribution in [0.4, 0.5) is 0 Å². The number of hydrogen-bond acceptors (Lipinski definition) is 3. The zero-order chi connectivity index (χ0) is 8.43. The number of carboxylic acids is 2. The zero-order valence-corrected chi connectivity index (χ0v) is 5.78. The molecule has 0 amide bonds. The number of rotatable bonds is 2. The summed E-state index contributed by atoms with van der Waals surface area (Å²) < 4.78 is 0. The lowest BCUT2D eigenvalue weighted by Gasteiger charge is -2.07. The number of aliphatic carboxylic acids is 2. The van der Waals surface area contributed by atoms with E-state index in [1.165, 1.54) is 0 Å². The Bertz CT molecular complexity index is 171. The molecular formula is C6H9NO4. The van der Waals surface area contributed by atoms with Gasteiger partial charge in [-0.25, -0.2) is 0 Å². The van der Waals surface area contributed by atoms with Crippen molar-refractivity contribution in [2.45, 2.75) is 0 Å². The van der Waals surface area contributed by atoms with Crippen LogP contribution in [0.15, 0.2) is 0 Å². The molecule has 1 fully saturated rings. The fourth-order valence-electron chi connectivity index (χ4n) is 1.20. The Morgan fingerprint density at radius 3 is 1.73 bits per heavy atom. The van der Waals surface area contributed by atoms with Gasteiger partial charge in [-0.2, -0.15) is 0 Å². The van der Waals surface area contributed by atoms with Gasteiger partial charge in [0.15, 0.2) is 0 Å². The first-order valence-electron chi connectivity index (χ1n) is 3.29. The fraction of sp³-hybridized carbons (Fsp3) is 0.667. The molecule has 0 aromatic rings. The molecule has 1 aliphatic rings. The summed E-state index contributed by atoms with van der Waals surface area (Å²) in [6.45, 7) is 0.513. The van der Waals surface area contributed by atoms with Crippen LogP contribution in [-0.4, -0.2) is 35.2 Å². The Hall–Kier alpha value is -1.10. The van der Waals surface area contributed by atoms with Gasteiger partial charge < -0.3 is 15.5 Å². The number of carboxylic acid groups (broad SMARTS) is 2. The summed E-state index contributed by atoms with van der Waals surface area (Å²) in [7, 11) is 0. The average Bonchev–Trinajstić information content (AvgIpc) is 2.32. The molecule has 1 aliphatic heterocycles. The summed E-state index contributed by atoms with van der Waals surface area (Å²) in [5.74, 6) is -3.62. The SMILES string of the molecule is O=C(O)C1CNC[C@H]1C(=O)O. The van der Waals surface area contributed by atoms with Gasteiger partial charge in [-0.3, -0.25) is 9.59 Å². The van der Waals surface area contributed by atoms with Crippen molar-refractivity contribution in [3.63, 3.8) is 0 Å². The Balaban J connectivity index is 2.65. The summed E-state index contributed by atoms with van der Waals surface area (Å²) in [5, 5.41) is 19.8. The van der Waals surface area contributed by atoms with Crippen molar-refractivity contribution in [2.75, 3.05) is 13.1 Å². The van der Waals surface area contributed by atoms with Gasteiger partial charge in [0.2, 0.25) is 0 Å². The van der Waals surface area contributed by atoms with E-state index in [2.05, 4.69) is 5.32 Å². The standard InChI is InChI=1S/C6H9NO4/c8-5(9)3-1-7-2-4(3)6(10)11/h3-4,7H,1-2H2,(H,8,9)(H,10,11)/t3-,4?/m1/s1. The normalized spacial score (nSPS) is 30.2. The highest BCUT2D eigenvalue weighted by Crippen LogP contribution is 2.16. The van der Waals surface area contributed by atoms with Gasteiger partial charge in [0.05, 0.1) is 11.8 Å². The molecule has 0 aliphatic carbocycles. The minimum absolute atomic E-state index is 0.256. The maximum Gasteiger partial charge on any atom is 0.308 e. The zero-order valence-electron chi connectivity index (χ0n) is 5.78. The first-order valence-corrected chi connectivity index (χ1v) is 3.29. The molecule has 11 heavy (non-hydrogen) atoms. The molecule has 2 atom stereocenters. The molecule has 3 N–H and O–H groups in total. The van der Waals surface area contributed by atoms with E-state index >= 15 is 0 Å². The quantitative estimate of drug-likeness (QED) is 0.480. The van der Waals surface area contributed by atoms with Crippen molar-refractivity contribution in [3.05, 3.63) is 0 Å². The number of nitrogens with one attached hydrogen (secondary N) is 1. The lowest BCUT2D eigenvalue weighted by atomic mass is 9.97. The Morgan fingerprint density at radius 1 is 1.09 bits per heavy atom. The fourth-order valence-corrected chi connectivity index (χ4v) is 1.20. The van der Waals surface area contributed by atoms with Crippen molar-refractivity contribution in [2.24, 2.45) is 11.8 Å². The van der Waals surface area contributed by atoms with Gasteiger partial charge in [0.25, 0.3) is 0 Å². The second kappa shape index (κ2) is 2.87. The van der Waals surface area contributed by atoms with Gasteiger partial charge in [0, 0.05) is 13.1 Å². The number of carbonyl (C=O) groups is 2. The van der Waals surface area contributed by atoms with Crippen molar-refractivity contribution >= 4 is 11.9 Å². The van der Waals surface area contributed by atoms with E-state index in [4.69, 9.17) is 10.2 Å². The Morgan fingerprint density at radius 2 is 1.45 bits per heavy atom. The lowest BCUT2D eigenvalue weighted by Crippen LogP contribution is -2.28. The molecule has 0 aromatic carbocycles. The molecule has 0 aromatic heterocycles. The summed E-state index contributed by atoms with van der Waals surface area (Å²) in [6, 6.07) is 0. The molecule has 1 unspecified atom stereocenters. The third-order valence-electron chi connectivity index (χ3n) is 1.85. The van der Waals surface area contributed by atoms with E-state index in [0.717, 1.165) is 0 Å². The van der Waals surface area contributed by atoms with E-state index in [1.54, 1.807) is 0 Å². The maximum atomic E-state index is 10.4. The molecule has 1 rings (SSSR count). The monoisotopic (exact) mass is 159 g/mol. The second-order valence-electron chi connectivity index (χ2n) is 2.55. The highest BCUT2D eigenvalue weighted by Gasteiger charge is 2.37. The van der Waals surface area contributed by atoms with Crippen LogP contribution in [0.5, 0.6) is 0 Å². The minimum atomic E-state index is -1.04. The van der Waals surface area contributed by atoms with E-state index in [9.17, 15) is 9.59 Å². The van der Waals surface area contributed by atoms with Crippen LogP contribution in [0.2, 0.25) is 0 Å². The Kier molecular flexibility index (Phi) is 2.09. The smallest absolute Gasteiger partial charge is 0.308 e. The van der Waals surface area contributed by atoms with Gasteiger partial charge >= 0.3 is 11.9 Å². The summed E-state index contributed by atoms with van der Waals surface area (Å²) in [6.07, 6.45) is 0. The highest BCUT2D eigenvalue weighted by atomic mass is 16.4.